The molecule has 0 aliphatic heterocycles. The molecular weight excluding hydrogens is 332 g/mol. The summed E-state index contributed by atoms with van der Waals surface area (Å²) < 4.78 is 16.0. The number of phenolic OH excluding ortho intramolecular Hbond substituents is 1. The topological polar surface area (TPSA) is 65.0 Å². The highest BCUT2D eigenvalue weighted by molar-refractivity contribution is 6.00. The summed E-state index contributed by atoms with van der Waals surface area (Å²) in [5, 5.41) is 11.0. The van der Waals surface area contributed by atoms with Gasteiger partial charge in [-0.25, -0.2) is 0 Å². The number of hydrogen-bond donors (Lipinski definition) is 1. The second-order valence-electron chi connectivity index (χ2n) is 7.31. The number of rotatable bonds is 7. The lowest BCUT2D eigenvalue weighted by molar-refractivity contribution is 0.0499. The normalized spacial score (nSPS) is 20.0. The average molecular weight is 362 g/mol. The van der Waals surface area contributed by atoms with Gasteiger partial charge in [0, 0.05) is 24.7 Å². The third-order valence-corrected chi connectivity index (χ3v) is 5.16. The predicted molar refractivity (Wildman–Crippen MR) is 101 cm³/mol. The molecule has 0 bridgehead atoms. The minimum absolute atomic E-state index is 0.00623. The Morgan fingerprint density at radius 2 is 2.00 bits per heavy atom. The number of carbonyl (C=O) groups is 1. The van der Waals surface area contributed by atoms with Crippen molar-refractivity contribution in [2.24, 2.45) is 11.8 Å². The average Bonchev–Trinajstić information content (AvgIpc) is 2.58. The smallest absolute Gasteiger partial charge is 0.188 e. The van der Waals surface area contributed by atoms with E-state index < -0.39 is 0 Å². The summed E-state index contributed by atoms with van der Waals surface area (Å²) in [6.45, 7) is 7.90. The summed E-state index contributed by atoms with van der Waals surface area (Å²) in [7, 11) is 3.07. The minimum Gasteiger partial charge on any atom is -0.507 e. The Morgan fingerprint density at radius 1 is 1.31 bits per heavy atom. The molecule has 0 spiro atoms. The van der Waals surface area contributed by atoms with E-state index in [1.165, 1.54) is 19.6 Å². The third kappa shape index (κ3) is 4.04. The largest absolute Gasteiger partial charge is 0.507 e. The number of allylic oxidation sites excluding steroid dienone is 2. The van der Waals surface area contributed by atoms with Gasteiger partial charge >= 0.3 is 0 Å². The molecule has 5 heteroatoms. The Morgan fingerprint density at radius 3 is 2.54 bits per heavy atom. The van der Waals surface area contributed by atoms with E-state index in [0.717, 1.165) is 12.8 Å². The fourth-order valence-corrected chi connectivity index (χ4v) is 3.84. The maximum Gasteiger partial charge on any atom is 0.188 e. The van der Waals surface area contributed by atoms with Gasteiger partial charge in [0.2, 0.25) is 0 Å². The zero-order valence-electron chi connectivity index (χ0n) is 16.6. The van der Waals surface area contributed by atoms with Crippen molar-refractivity contribution in [3.63, 3.8) is 0 Å². The van der Waals surface area contributed by atoms with Crippen molar-refractivity contribution in [3.05, 3.63) is 28.8 Å². The molecule has 0 unspecified atom stereocenters. The molecule has 144 valence electrons. The van der Waals surface area contributed by atoms with Crippen molar-refractivity contribution in [1.82, 2.24) is 0 Å². The number of Topliss-reactive ketones (excluding diaryl/α,β-unsaturated/α-hetero) is 1. The molecule has 1 aliphatic rings. The van der Waals surface area contributed by atoms with Crippen LogP contribution in [-0.2, 0) is 4.74 Å². The lowest BCUT2D eigenvalue weighted by Crippen LogP contribution is -2.22. The van der Waals surface area contributed by atoms with E-state index in [-0.39, 0.29) is 35.6 Å². The van der Waals surface area contributed by atoms with Crippen LogP contribution in [0.3, 0.4) is 0 Å². The van der Waals surface area contributed by atoms with Gasteiger partial charge in [0.25, 0.3) is 0 Å². The molecule has 1 N–H and O–H groups in total. The molecule has 1 aliphatic carbocycles. The van der Waals surface area contributed by atoms with Gasteiger partial charge in [-0.3, -0.25) is 4.79 Å². The molecule has 0 radical (unpaired) electrons. The standard InChI is InChI=1S/C21H30O5/c1-12(2)15-8-7-13(3)9-16(15)20-17(25-6)10-18(26-11-24-5)19(14(4)22)21(20)23/h9-10,12,15-16,23H,7-8,11H2,1-6H3/t15-,16+/m1/s1. The highest BCUT2D eigenvalue weighted by Gasteiger charge is 2.34. The zero-order valence-corrected chi connectivity index (χ0v) is 16.6. The van der Waals surface area contributed by atoms with Crippen molar-refractivity contribution in [1.29, 1.82) is 0 Å². The van der Waals surface area contributed by atoms with Gasteiger partial charge < -0.3 is 19.3 Å². The Hall–Kier alpha value is -2.01. The van der Waals surface area contributed by atoms with E-state index >= 15 is 0 Å². The fraction of sp³-hybridized carbons (Fsp3) is 0.571. The number of benzene rings is 1. The molecule has 0 saturated heterocycles. The van der Waals surface area contributed by atoms with E-state index in [2.05, 4.69) is 26.8 Å². The number of carbonyl (C=O) groups excluding carboxylic acids is 1. The molecule has 1 aromatic rings. The first-order valence-electron chi connectivity index (χ1n) is 9.05. The van der Waals surface area contributed by atoms with Crippen LogP contribution in [0.1, 0.15) is 62.4 Å². The summed E-state index contributed by atoms with van der Waals surface area (Å²) in [6.07, 6.45) is 4.30. The minimum atomic E-state index is -0.255. The van der Waals surface area contributed by atoms with Crippen LogP contribution in [-0.4, -0.2) is 31.9 Å². The van der Waals surface area contributed by atoms with Crippen LogP contribution in [0.25, 0.3) is 0 Å². The van der Waals surface area contributed by atoms with Crippen molar-refractivity contribution < 1.29 is 24.1 Å². The monoisotopic (exact) mass is 362 g/mol. The number of methoxy groups -OCH3 is 2. The summed E-state index contributed by atoms with van der Waals surface area (Å²) in [5.74, 6) is 1.30. The van der Waals surface area contributed by atoms with Crippen LogP contribution in [0.5, 0.6) is 17.2 Å². The molecule has 0 fully saturated rings. The summed E-state index contributed by atoms with van der Waals surface area (Å²) in [6, 6.07) is 1.68. The van der Waals surface area contributed by atoms with E-state index in [9.17, 15) is 9.90 Å². The first-order chi connectivity index (χ1) is 12.3. The molecule has 0 heterocycles. The van der Waals surface area contributed by atoms with E-state index in [1.54, 1.807) is 13.2 Å². The molecule has 1 aromatic carbocycles. The SMILES string of the molecule is COCOc1cc(OC)c([C@H]2C=C(C)CC[C@@H]2C(C)C)c(O)c1C(C)=O. The number of aromatic hydroxyl groups is 1. The van der Waals surface area contributed by atoms with Crippen molar-refractivity contribution >= 4 is 5.78 Å². The molecule has 0 saturated carbocycles. The highest BCUT2D eigenvalue weighted by Crippen LogP contribution is 2.49. The van der Waals surface area contributed by atoms with Crippen LogP contribution < -0.4 is 9.47 Å². The molecule has 2 atom stereocenters. The predicted octanol–water partition coefficient (Wildman–Crippen LogP) is 4.68. The van der Waals surface area contributed by atoms with Crippen molar-refractivity contribution in [2.45, 2.75) is 46.5 Å². The van der Waals surface area contributed by atoms with Gasteiger partial charge in [0.15, 0.2) is 12.6 Å². The highest BCUT2D eigenvalue weighted by atomic mass is 16.7. The Kier molecular flexibility index (Phi) is 6.70. The number of ketones is 1. The van der Waals surface area contributed by atoms with E-state index in [1.807, 2.05) is 0 Å². The number of phenols is 1. The van der Waals surface area contributed by atoms with Crippen LogP contribution >= 0.6 is 0 Å². The Labute approximate surface area is 156 Å². The molecule has 0 aromatic heterocycles. The van der Waals surface area contributed by atoms with Crippen molar-refractivity contribution in [3.8, 4) is 17.2 Å². The summed E-state index contributed by atoms with van der Waals surface area (Å²) in [4.78, 5) is 12.2. The first kappa shape index (κ1) is 20.3. The first-order valence-corrected chi connectivity index (χ1v) is 9.05. The maximum atomic E-state index is 12.2. The quantitative estimate of drug-likeness (QED) is 0.433. The maximum absolute atomic E-state index is 12.2. The van der Waals surface area contributed by atoms with E-state index in [4.69, 9.17) is 14.2 Å². The van der Waals surface area contributed by atoms with Crippen LogP contribution in [0.15, 0.2) is 17.7 Å². The zero-order chi connectivity index (χ0) is 19.4. The molecule has 0 amide bonds. The van der Waals surface area contributed by atoms with Gasteiger partial charge in [-0.05, 0) is 38.5 Å². The summed E-state index contributed by atoms with van der Waals surface area (Å²) in [5.41, 5.74) is 2.13. The fourth-order valence-electron chi connectivity index (χ4n) is 3.84. The lowest BCUT2D eigenvalue weighted by Gasteiger charge is -2.34. The van der Waals surface area contributed by atoms with Gasteiger partial charge in [0.1, 0.15) is 22.8 Å². The second kappa shape index (κ2) is 8.58. The van der Waals surface area contributed by atoms with Gasteiger partial charge in [0.05, 0.1) is 7.11 Å². The van der Waals surface area contributed by atoms with Gasteiger partial charge in [-0.2, -0.15) is 0 Å². The second-order valence-corrected chi connectivity index (χ2v) is 7.31. The number of hydrogen-bond acceptors (Lipinski definition) is 5. The molecular formula is C21H30O5. The molecule has 26 heavy (non-hydrogen) atoms. The van der Waals surface area contributed by atoms with Gasteiger partial charge in [-0.15, -0.1) is 0 Å². The Bertz CT molecular complexity index is 690. The Balaban J connectivity index is 2.68. The van der Waals surface area contributed by atoms with E-state index in [0.29, 0.717) is 23.1 Å². The van der Waals surface area contributed by atoms with Crippen molar-refractivity contribution in [2.75, 3.05) is 21.0 Å². The number of ether oxygens (including phenoxy) is 3. The van der Waals surface area contributed by atoms with Crippen LogP contribution in [0.4, 0.5) is 0 Å². The lowest BCUT2D eigenvalue weighted by atomic mass is 9.71. The third-order valence-electron chi connectivity index (χ3n) is 5.16. The van der Waals surface area contributed by atoms with Gasteiger partial charge in [-0.1, -0.05) is 25.5 Å². The van der Waals surface area contributed by atoms with Crippen LogP contribution in [0, 0.1) is 11.8 Å². The van der Waals surface area contributed by atoms with Crippen LogP contribution in [0.2, 0.25) is 0 Å². The molecule has 2 rings (SSSR count). The summed E-state index contributed by atoms with van der Waals surface area (Å²) >= 11 is 0. The molecule has 5 nitrogen and oxygen atoms in total.